The zero-order valence-corrected chi connectivity index (χ0v) is 15.3. The fourth-order valence-corrected chi connectivity index (χ4v) is 4.15. The summed E-state index contributed by atoms with van der Waals surface area (Å²) >= 11 is 0. The summed E-state index contributed by atoms with van der Waals surface area (Å²) < 4.78 is 44.5. The van der Waals surface area contributed by atoms with E-state index in [4.69, 9.17) is 4.74 Å². The number of hydrogen-bond acceptors (Lipinski definition) is 4. The molecule has 1 fully saturated rings. The fraction of sp³-hybridized carbons (Fsp3) is 0.429. The van der Waals surface area contributed by atoms with E-state index < -0.39 is 11.7 Å². The van der Waals surface area contributed by atoms with Crippen LogP contribution in [-0.2, 0) is 12.6 Å². The molecule has 0 aliphatic carbocycles. The van der Waals surface area contributed by atoms with E-state index in [1.54, 1.807) is 6.07 Å². The lowest BCUT2D eigenvalue weighted by molar-refractivity contribution is -0.137. The van der Waals surface area contributed by atoms with Gasteiger partial charge in [-0.3, -0.25) is 4.90 Å². The zero-order chi connectivity index (χ0) is 19.7. The molecule has 4 nitrogen and oxygen atoms in total. The third-order valence-corrected chi connectivity index (χ3v) is 5.54. The summed E-state index contributed by atoms with van der Waals surface area (Å²) in [5, 5.41) is 3.21. The van der Waals surface area contributed by atoms with Crippen LogP contribution < -0.4 is 4.74 Å². The second-order valence-electron chi connectivity index (χ2n) is 7.33. The van der Waals surface area contributed by atoms with Gasteiger partial charge in [-0.25, -0.2) is 0 Å². The Morgan fingerprint density at radius 2 is 1.75 bits per heavy atom. The molecule has 0 bridgehead atoms. The van der Waals surface area contributed by atoms with E-state index in [1.165, 1.54) is 12.1 Å². The maximum absolute atomic E-state index is 13.0. The molecule has 2 heterocycles. The normalized spacial score (nSPS) is 18.4. The SMILES string of the molecule is O=Nc1cc2c(cc1C(c1ccc(C(F)(F)F)cc1)N1CCCCC1)CCO2. The van der Waals surface area contributed by atoms with E-state index >= 15 is 0 Å². The quantitative estimate of drug-likeness (QED) is 0.637. The summed E-state index contributed by atoms with van der Waals surface area (Å²) in [6.07, 6.45) is -0.447. The summed E-state index contributed by atoms with van der Waals surface area (Å²) in [5.74, 6) is 0.670. The van der Waals surface area contributed by atoms with Gasteiger partial charge in [0.1, 0.15) is 11.4 Å². The molecule has 0 spiro atoms. The number of nitroso groups, excluding NO2 is 1. The molecule has 4 rings (SSSR count). The van der Waals surface area contributed by atoms with Gasteiger partial charge in [-0.05, 0) is 60.4 Å². The van der Waals surface area contributed by atoms with Crippen LogP contribution in [0.1, 0.15) is 47.6 Å². The molecule has 2 aliphatic rings. The molecule has 0 amide bonds. The van der Waals surface area contributed by atoms with E-state index in [0.717, 1.165) is 67.6 Å². The predicted molar refractivity (Wildman–Crippen MR) is 99.8 cm³/mol. The summed E-state index contributed by atoms with van der Waals surface area (Å²) in [6.45, 7) is 2.22. The van der Waals surface area contributed by atoms with Gasteiger partial charge in [0.25, 0.3) is 0 Å². The Kier molecular flexibility index (Phi) is 5.10. The summed E-state index contributed by atoms with van der Waals surface area (Å²) in [4.78, 5) is 13.8. The lowest BCUT2D eigenvalue weighted by Crippen LogP contribution is -2.34. The highest BCUT2D eigenvalue weighted by atomic mass is 19.4. The standard InChI is InChI=1S/C21H21F3N2O2/c22-21(23,24)16-6-4-14(5-7-16)20(26-9-2-1-3-10-26)17-12-15-8-11-28-19(15)13-18(17)25-27/h4-7,12-13,20H,1-3,8-11H2. The molecule has 28 heavy (non-hydrogen) atoms. The molecule has 2 aliphatic heterocycles. The smallest absolute Gasteiger partial charge is 0.416 e. The van der Waals surface area contributed by atoms with Gasteiger partial charge in [0.05, 0.1) is 18.2 Å². The van der Waals surface area contributed by atoms with Crippen molar-refractivity contribution in [1.29, 1.82) is 0 Å². The van der Waals surface area contributed by atoms with Crippen molar-refractivity contribution in [3.05, 3.63) is 63.6 Å². The van der Waals surface area contributed by atoms with Crippen molar-refractivity contribution in [2.45, 2.75) is 37.9 Å². The number of hydrogen-bond donors (Lipinski definition) is 0. The van der Waals surface area contributed by atoms with Crippen molar-refractivity contribution in [2.75, 3.05) is 19.7 Å². The minimum absolute atomic E-state index is 0.288. The lowest BCUT2D eigenvalue weighted by atomic mass is 9.91. The van der Waals surface area contributed by atoms with E-state index in [0.29, 0.717) is 12.4 Å². The van der Waals surface area contributed by atoms with Gasteiger partial charge >= 0.3 is 6.18 Å². The number of ether oxygens (including phenoxy) is 1. The highest BCUT2D eigenvalue weighted by molar-refractivity contribution is 5.58. The average Bonchev–Trinajstić information content (AvgIpc) is 3.15. The Morgan fingerprint density at radius 1 is 1.04 bits per heavy atom. The van der Waals surface area contributed by atoms with Crippen molar-refractivity contribution < 1.29 is 17.9 Å². The van der Waals surface area contributed by atoms with Gasteiger partial charge in [-0.15, -0.1) is 4.91 Å². The molecular formula is C21H21F3N2O2. The molecule has 2 aromatic carbocycles. The van der Waals surface area contributed by atoms with E-state index in [2.05, 4.69) is 10.1 Å². The number of halogens is 3. The number of alkyl halides is 3. The van der Waals surface area contributed by atoms with Crippen molar-refractivity contribution >= 4 is 5.69 Å². The minimum atomic E-state index is -4.38. The molecule has 0 saturated carbocycles. The van der Waals surface area contributed by atoms with Crippen molar-refractivity contribution in [2.24, 2.45) is 5.18 Å². The van der Waals surface area contributed by atoms with Crippen LogP contribution in [-0.4, -0.2) is 24.6 Å². The van der Waals surface area contributed by atoms with Crippen LogP contribution in [0.25, 0.3) is 0 Å². The maximum atomic E-state index is 13.0. The van der Waals surface area contributed by atoms with Gasteiger partial charge in [0.2, 0.25) is 0 Å². The first kappa shape index (κ1) is 18.9. The maximum Gasteiger partial charge on any atom is 0.416 e. The van der Waals surface area contributed by atoms with Crippen LogP contribution in [0.3, 0.4) is 0 Å². The Labute approximate surface area is 161 Å². The topological polar surface area (TPSA) is 41.9 Å². The second kappa shape index (κ2) is 7.54. The van der Waals surface area contributed by atoms with Gasteiger partial charge in [-0.2, -0.15) is 13.2 Å². The highest BCUT2D eigenvalue weighted by Crippen LogP contribution is 2.42. The molecule has 0 N–H and O–H groups in total. The molecule has 0 aromatic heterocycles. The highest BCUT2D eigenvalue weighted by Gasteiger charge is 2.32. The van der Waals surface area contributed by atoms with E-state index in [-0.39, 0.29) is 11.7 Å². The lowest BCUT2D eigenvalue weighted by Gasteiger charge is -2.35. The van der Waals surface area contributed by atoms with Crippen LogP contribution >= 0.6 is 0 Å². The Bertz CT molecular complexity index is 859. The first-order valence-electron chi connectivity index (χ1n) is 9.51. The minimum Gasteiger partial charge on any atom is -0.493 e. The van der Waals surface area contributed by atoms with Crippen LogP contribution in [0.15, 0.2) is 41.6 Å². The Balaban J connectivity index is 1.79. The van der Waals surface area contributed by atoms with Gasteiger partial charge in [0.15, 0.2) is 0 Å². The van der Waals surface area contributed by atoms with Gasteiger partial charge in [0, 0.05) is 18.1 Å². The van der Waals surface area contributed by atoms with Crippen molar-refractivity contribution in [1.82, 2.24) is 4.90 Å². The van der Waals surface area contributed by atoms with Crippen LogP contribution in [0, 0.1) is 4.91 Å². The average molecular weight is 390 g/mol. The van der Waals surface area contributed by atoms with Crippen molar-refractivity contribution in [3.63, 3.8) is 0 Å². The molecule has 1 saturated heterocycles. The molecule has 148 valence electrons. The van der Waals surface area contributed by atoms with Gasteiger partial charge in [-0.1, -0.05) is 18.6 Å². The Morgan fingerprint density at radius 3 is 2.39 bits per heavy atom. The van der Waals surface area contributed by atoms with Gasteiger partial charge < -0.3 is 4.74 Å². The largest absolute Gasteiger partial charge is 0.493 e. The second-order valence-corrected chi connectivity index (χ2v) is 7.33. The van der Waals surface area contributed by atoms with Crippen molar-refractivity contribution in [3.8, 4) is 5.75 Å². The summed E-state index contributed by atoms with van der Waals surface area (Å²) in [5.41, 5.74) is 2.09. The number of nitrogens with zero attached hydrogens (tertiary/aromatic N) is 2. The molecule has 0 radical (unpaired) electrons. The number of likely N-dealkylation sites (tertiary alicyclic amines) is 1. The van der Waals surface area contributed by atoms with E-state index in [1.807, 2.05) is 6.07 Å². The summed E-state index contributed by atoms with van der Waals surface area (Å²) in [6, 6.07) is 8.54. The zero-order valence-electron chi connectivity index (χ0n) is 15.3. The number of piperidine rings is 1. The molecule has 1 unspecified atom stereocenters. The third-order valence-electron chi connectivity index (χ3n) is 5.54. The number of fused-ring (bicyclic) bond motifs is 1. The number of benzene rings is 2. The van der Waals surface area contributed by atoms with Crippen LogP contribution in [0.2, 0.25) is 0 Å². The Hall–Kier alpha value is -2.41. The third kappa shape index (κ3) is 3.63. The predicted octanol–water partition coefficient (Wildman–Crippen LogP) is 5.61. The summed E-state index contributed by atoms with van der Waals surface area (Å²) in [7, 11) is 0. The molecule has 2 aromatic rings. The number of rotatable bonds is 4. The molecular weight excluding hydrogens is 369 g/mol. The van der Waals surface area contributed by atoms with E-state index in [9.17, 15) is 18.1 Å². The van der Waals surface area contributed by atoms with Crippen LogP contribution in [0.5, 0.6) is 5.75 Å². The first-order chi connectivity index (χ1) is 13.5. The first-order valence-corrected chi connectivity index (χ1v) is 9.51. The fourth-order valence-electron chi connectivity index (χ4n) is 4.15. The van der Waals surface area contributed by atoms with Crippen LogP contribution in [0.4, 0.5) is 18.9 Å². The molecule has 1 atom stereocenters. The molecule has 7 heteroatoms. The monoisotopic (exact) mass is 390 g/mol.